The van der Waals surface area contributed by atoms with Crippen LogP contribution < -0.4 is 10.1 Å². The van der Waals surface area contributed by atoms with Crippen LogP contribution in [0.2, 0.25) is 5.02 Å². The topological polar surface area (TPSA) is 58.6 Å². The number of benzene rings is 3. The normalized spacial score (nSPS) is 12.1. The van der Waals surface area contributed by atoms with Crippen LogP contribution in [-0.2, 0) is 22.6 Å². The first-order chi connectivity index (χ1) is 17.0. The molecule has 0 aromatic heterocycles. The van der Waals surface area contributed by atoms with Crippen molar-refractivity contribution in [2.75, 3.05) is 6.61 Å². The van der Waals surface area contributed by atoms with Crippen LogP contribution in [0.3, 0.4) is 0 Å². The van der Waals surface area contributed by atoms with Crippen molar-refractivity contribution in [3.05, 3.63) is 97.9 Å². The number of hydrogen-bond acceptors (Lipinski definition) is 3. The maximum absolute atomic E-state index is 13.7. The second kappa shape index (κ2) is 12.7. The Morgan fingerprint density at radius 2 is 1.67 bits per heavy atom. The fourth-order valence-corrected chi connectivity index (χ4v) is 4.90. The molecular formula is C28H29Br2ClN2O3. The molecule has 0 radical (unpaired) electrons. The number of nitrogens with zero attached hydrogens (tertiary/aromatic N) is 1. The van der Waals surface area contributed by atoms with Crippen molar-refractivity contribution in [1.29, 1.82) is 0 Å². The number of hydrogen-bond donors (Lipinski definition) is 1. The third kappa shape index (κ3) is 8.64. The molecule has 8 heteroatoms. The number of ether oxygens (including phenoxy) is 1. The van der Waals surface area contributed by atoms with E-state index in [1.54, 1.807) is 23.1 Å². The number of amides is 2. The van der Waals surface area contributed by atoms with E-state index in [0.717, 1.165) is 15.6 Å². The second-order valence-corrected chi connectivity index (χ2v) is 11.7. The molecule has 5 nitrogen and oxygen atoms in total. The van der Waals surface area contributed by atoms with Crippen LogP contribution in [0.1, 0.15) is 31.9 Å². The number of carbonyl (C=O) groups excluding carboxylic acids is 2. The summed E-state index contributed by atoms with van der Waals surface area (Å²) in [5.41, 5.74) is 1.40. The molecule has 0 spiro atoms. The van der Waals surface area contributed by atoms with E-state index in [9.17, 15) is 9.59 Å². The van der Waals surface area contributed by atoms with Crippen LogP contribution in [0.4, 0.5) is 0 Å². The molecule has 0 unspecified atom stereocenters. The first kappa shape index (κ1) is 28.2. The highest BCUT2D eigenvalue weighted by Crippen LogP contribution is 2.28. The maximum Gasteiger partial charge on any atom is 0.261 e. The SMILES string of the molecule is CC(C)(C)NC(=O)[C@H](Cc1ccccc1)N(Cc1cccc(Br)c1)C(=O)COc1ccc(Cl)cc1Br. The predicted molar refractivity (Wildman–Crippen MR) is 151 cm³/mol. The molecule has 2 amide bonds. The van der Waals surface area contributed by atoms with Gasteiger partial charge in [0.15, 0.2) is 6.61 Å². The van der Waals surface area contributed by atoms with Gasteiger partial charge in [0.25, 0.3) is 5.91 Å². The molecule has 1 atom stereocenters. The zero-order chi connectivity index (χ0) is 26.3. The first-order valence-electron chi connectivity index (χ1n) is 11.5. The molecule has 3 rings (SSSR count). The second-order valence-electron chi connectivity index (χ2n) is 9.46. The van der Waals surface area contributed by atoms with Crippen molar-refractivity contribution in [2.24, 2.45) is 0 Å². The van der Waals surface area contributed by atoms with Gasteiger partial charge in [0.2, 0.25) is 5.91 Å². The molecule has 1 N–H and O–H groups in total. The highest BCUT2D eigenvalue weighted by molar-refractivity contribution is 9.10. The predicted octanol–water partition coefficient (Wildman–Crippen LogP) is 6.80. The fourth-order valence-electron chi connectivity index (χ4n) is 3.65. The van der Waals surface area contributed by atoms with Crippen molar-refractivity contribution >= 4 is 55.3 Å². The standard InChI is InChI=1S/C28H29Br2ClN2O3/c1-28(2,3)32-27(35)24(15-19-8-5-4-6-9-19)33(17-20-10-7-11-21(29)14-20)26(34)18-36-25-13-12-22(31)16-23(25)30/h4-14,16,24H,15,17-18H2,1-3H3,(H,32,35)/t24-/m0/s1. The van der Waals surface area contributed by atoms with E-state index >= 15 is 0 Å². The monoisotopic (exact) mass is 634 g/mol. The summed E-state index contributed by atoms with van der Waals surface area (Å²) in [6.45, 7) is 5.78. The van der Waals surface area contributed by atoms with Gasteiger partial charge in [0.1, 0.15) is 11.8 Å². The molecule has 0 saturated carbocycles. The molecule has 0 aliphatic rings. The summed E-state index contributed by atoms with van der Waals surface area (Å²) < 4.78 is 7.38. The number of rotatable bonds is 9. The summed E-state index contributed by atoms with van der Waals surface area (Å²) in [7, 11) is 0. The lowest BCUT2D eigenvalue weighted by Crippen LogP contribution is -2.55. The zero-order valence-electron chi connectivity index (χ0n) is 20.4. The van der Waals surface area contributed by atoms with E-state index < -0.39 is 11.6 Å². The smallest absolute Gasteiger partial charge is 0.261 e. The largest absolute Gasteiger partial charge is 0.483 e. The van der Waals surface area contributed by atoms with Crippen molar-refractivity contribution < 1.29 is 14.3 Å². The van der Waals surface area contributed by atoms with Gasteiger partial charge < -0.3 is 15.0 Å². The number of carbonyl (C=O) groups is 2. The lowest BCUT2D eigenvalue weighted by atomic mass is 10.0. The molecule has 0 bridgehead atoms. The molecule has 3 aromatic rings. The quantitative estimate of drug-likeness (QED) is 0.281. The van der Waals surface area contributed by atoms with Gasteiger partial charge in [-0.3, -0.25) is 9.59 Å². The van der Waals surface area contributed by atoms with E-state index in [0.29, 0.717) is 21.7 Å². The number of nitrogens with one attached hydrogen (secondary N) is 1. The molecule has 190 valence electrons. The van der Waals surface area contributed by atoms with E-state index in [1.165, 1.54) is 0 Å². The van der Waals surface area contributed by atoms with Gasteiger partial charge in [-0.25, -0.2) is 0 Å². The Balaban J connectivity index is 1.94. The van der Waals surface area contributed by atoms with Gasteiger partial charge in [-0.1, -0.05) is 70.0 Å². The maximum atomic E-state index is 13.7. The Morgan fingerprint density at radius 3 is 2.31 bits per heavy atom. The Bertz CT molecular complexity index is 1200. The lowest BCUT2D eigenvalue weighted by molar-refractivity contribution is -0.143. The summed E-state index contributed by atoms with van der Waals surface area (Å²) in [5, 5.41) is 3.61. The number of halogens is 3. The Hall–Kier alpha value is -2.35. The van der Waals surface area contributed by atoms with Gasteiger partial charge >= 0.3 is 0 Å². The molecule has 0 heterocycles. The van der Waals surface area contributed by atoms with Crippen LogP contribution in [0.5, 0.6) is 5.75 Å². The molecule has 0 aliphatic carbocycles. The van der Waals surface area contributed by atoms with E-state index in [1.807, 2.05) is 75.4 Å². The van der Waals surface area contributed by atoms with Gasteiger partial charge in [0.05, 0.1) is 4.47 Å². The minimum Gasteiger partial charge on any atom is -0.483 e. The molecule has 0 saturated heterocycles. The van der Waals surface area contributed by atoms with E-state index in [-0.39, 0.29) is 25.0 Å². The Kier molecular flexibility index (Phi) is 10.00. The average Bonchev–Trinajstić information content (AvgIpc) is 2.80. The third-order valence-corrected chi connectivity index (χ3v) is 6.60. The minimum absolute atomic E-state index is 0.220. The minimum atomic E-state index is -0.740. The summed E-state index contributed by atoms with van der Waals surface area (Å²) in [4.78, 5) is 28.8. The van der Waals surface area contributed by atoms with Crippen molar-refractivity contribution in [3.8, 4) is 5.75 Å². The molecule has 36 heavy (non-hydrogen) atoms. The molecular weight excluding hydrogens is 608 g/mol. The van der Waals surface area contributed by atoms with Crippen LogP contribution >= 0.6 is 43.5 Å². The van der Waals surface area contributed by atoms with Crippen LogP contribution in [0, 0.1) is 0 Å². The van der Waals surface area contributed by atoms with Crippen LogP contribution in [0.25, 0.3) is 0 Å². The fraction of sp³-hybridized carbons (Fsp3) is 0.286. The zero-order valence-corrected chi connectivity index (χ0v) is 24.4. The van der Waals surface area contributed by atoms with E-state index in [4.69, 9.17) is 16.3 Å². The highest BCUT2D eigenvalue weighted by Gasteiger charge is 2.32. The average molecular weight is 637 g/mol. The van der Waals surface area contributed by atoms with Crippen molar-refractivity contribution in [1.82, 2.24) is 10.2 Å². The van der Waals surface area contributed by atoms with Crippen LogP contribution in [0.15, 0.2) is 81.7 Å². The Labute approximate surface area is 234 Å². The molecule has 3 aromatic carbocycles. The van der Waals surface area contributed by atoms with Crippen molar-refractivity contribution in [3.63, 3.8) is 0 Å². The summed E-state index contributed by atoms with van der Waals surface area (Å²) >= 11 is 13.0. The van der Waals surface area contributed by atoms with E-state index in [2.05, 4.69) is 37.2 Å². The lowest BCUT2D eigenvalue weighted by Gasteiger charge is -2.33. The van der Waals surface area contributed by atoms with Gasteiger partial charge in [-0.2, -0.15) is 0 Å². The third-order valence-electron chi connectivity index (χ3n) is 5.26. The first-order valence-corrected chi connectivity index (χ1v) is 13.5. The summed E-state index contributed by atoms with van der Waals surface area (Å²) in [6.07, 6.45) is 0.368. The highest BCUT2D eigenvalue weighted by atomic mass is 79.9. The molecule has 0 fully saturated rings. The van der Waals surface area contributed by atoms with Crippen LogP contribution in [-0.4, -0.2) is 34.9 Å². The van der Waals surface area contributed by atoms with Crippen molar-refractivity contribution in [2.45, 2.75) is 45.3 Å². The van der Waals surface area contributed by atoms with Gasteiger partial charge in [-0.05, 0) is 78.2 Å². The summed E-state index contributed by atoms with van der Waals surface area (Å²) in [6, 6.07) is 21.8. The van der Waals surface area contributed by atoms with Gasteiger partial charge in [0, 0.05) is 28.0 Å². The Morgan fingerprint density at radius 1 is 0.972 bits per heavy atom. The van der Waals surface area contributed by atoms with Gasteiger partial charge in [-0.15, -0.1) is 0 Å². The summed E-state index contributed by atoms with van der Waals surface area (Å²) in [5.74, 6) is -0.0295. The molecule has 0 aliphatic heterocycles.